The predicted molar refractivity (Wildman–Crippen MR) is 85.0 cm³/mol. The van der Waals surface area contributed by atoms with E-state index in [4.69, 9.17) is 4.74 Å². The molecule has 3 rings (SSSR count). The molecule has 1 unspecified atom stereocenters. The first-order valence-corrected chi connectivity index (χ1v) is 7.69. The molecule has 22 heavy (non-hydrogen) atoms. The maximum absolute atomic E-state index is 11.9. The number of hydrogen-bond donors (Lipinski definition) is 1. The van der Waals surface area contributed by atoms with E-state index in [2.05, 4.69) is 9.88 Å². The molecule has 0 amide bonds. The summed E-state index contributed by atoms with van der Waals surface area (Å²) in [6.07, 6.45) is 1.79. The number of aromatic nitrogens is 1. The lowest BCUT2D eigenvalue weighted by atomic mass is 9.98. The molecule has 1 saturated heterocycles. The van der Waals surface area contributed by atoms with Crippen LogP contribution in [-0.2, 0) is 9.53 Å². The molecule has 116 valence electrons. The van der Waals surface area contributed by atoms with Crippen molar-refractivity contribution in [2.45, 2.75) is 19.8 Å². The smallest absolute Gasteiger partial charge is 0.310 e. The molecule has 0 bridgehead atoms. The van der Waals surface area contributed by atoms with Gasteiger partial charge < -0.3 is 14.7 Å². The zero-order valence-corrected chi connectivity index (χ0v) is 12.7. The minimum absolute atomic E-state index is 0.101. The van der Waals surface area contributed by atoms with E-state index in [1.165, 1.54) is 0 Å². The van der Waals surface area contributed by atoms with Gasteiger partial charge in [-0.1, -0.05) is 12.1 Å². The average molecular weight is 300 g/mol. The second-order valence-electron chi connectivity index (χ2n) is 5.56. The fourth-order valence-electron chi connectivity index (χ4n) is 2.93. The molecule has 0 saturated carbocycles. The van der Waals surface area contributed by atoms with E-state index >= 15 is 0 Å². The molecule has 1 aromatic carbocycles. The summed E-state index contributed by atoms with van der Waals surface area (Å²) in [7, 11) is 0. The van der Waals surface area contributed by atoms with Crippen molar-refractivity contribution in [1.82, 2.24) is 4.98 Å². The maximum Gasteiger partial charge on any atom is 0.310 e. The SMILES string of the molecule is CCOC(=O)C1CCCN(c2ccc3cccc(O)c3n2)C1. The van der Waals surface area contributed by atoms with Crippen LogP contribution in [0.25, 0.3) is 10.9 Å². The second kappa shape index (κ2) is 6.22. The fourth-order valence-corrected chi connectivity index (χ4v) is 2.93. The number of benzene rings is 1. The number of phenols is 1. The number of pyridine rings is 1. The highest BCUT2D eigenvalue weighted by molar-refractivity contribution is 5.85. The molecular weight excluding hydrogens is 280 g/mol. The van der Waals surface area contributed by atoms with Crippen molar-refractivity contribution in [2.24, 2.45) is 5.92 Å². The molecular formula is C17H20N2O3. The Morgan fingerprint density at radius 1 is 1.41 bits per heavy atom. The van der Waals surface area contributed by atoms with Crippen molar-refractivity contribution >= 4 is 22.7 Å². The molecule has 1 aliphatic heterocycles. The number of hydrogen-bond acceptors (Lipinski definition) is 5. The van der Waals surface area contributed by atoms with Crippen LogP contribution in [0.15, 0.2) is 30.3 Å². The van der Waals surface area contributed by atoms with Gasteiger partial charge in [0.2, 0.25) is 0 Å². The summed E-state index contributed by atoms with van der Waals surface area (Å²) in [5.74, 6) is 0.743. The van der Waals surface area contributed by atoms with Crippen molar-refractivity contribution in [1.29, 1.82) is 0 Å². The van der Waals surface area contributed by atoms with Crippen LogP contribution >= 0.6 is 0 Å². The first-order chi connectivity index (χ1) is 10.7. The van der Waals surface area contributed by atoms with Gasteiger partial charge in [0.1, 0.15) is 17.1 Å². The van der Waals surface area contributed by atoms with Crippen LogP contribution in [0.4, 0.5) is 5.82 Å². The van der Waals surface area contributed by atoms with E-state index in [-0.39, 0.29) is 17.6 Å². The van der Waals surface area contributed by atoms with Crippen molar-refractivity contribution < 1.29 is 14.6 Å². The lowest BCUT2D eigenvalue weighted by molar-refractivity contribution is -0.148. The molecule has 1 atom stereocenters. The van der Waals surface area contributed by atoms with E-state index in [1.54, 1.807) is 12.1 Å². The van der Waals surface area contributed by atoms with Crippen LogP contribution in [0, 0.1) is 5.92 Å². The summed E-state index contributed by atoms with van der Waals surface area (Å²) in [6, 6.07) is 9.25. The molecule has 2 aromatic rings. The lowest BCUT2D eigenvalue weighted by Crippen LogP contribution is -2.39. The number of para-hydroxylation sites is 1. The van der Waals surface area contributed by atoms with Gasteiger partial charge in [-0.2, -0.15) is 0 Å². The molecule has 5 nitrogen and oxygen atoms in total. The molecule has 1 fully saturated rings. The van der Waals surface area contributed by atoms with Crippen molar-refractivity contribution in [2.75, 3.05) is 24.6 Å². The van der Waals surface area contributed by atoms with Gasteiger partial charge in [-0.25, -0.2) is 4.98 Å². The van der Waals surface area contributed by atoms with Crippen LogP contribution in [0.2, 0.25) is 0 Å². The van der Waals surface area contributed by atoms with Gasteiger partial charge >= 0.3 is 5.97 Å². The molecule has 2 heterocycles. The van der Waals surface area contributed by atoms with Gasteiger partial charge in [-0.05, 0) is 38.0 Å². The summed E-state index contributed by atoms with van der Waals surface area (Å²) in [5.41, 5.74) is 0.596. The summed E-state index contributed by atoms with van der Waals surface area (Å²) >= 11 is 0. The monoisotopic (exact) mass is 300 g/mol. The Morgan fingerprint density at radius 3 is 3.09 bits per heavy atom. The van der Waals surface area contributed by atoms with Gasteiger partial charge in [0, 0.05) is 18.5 Å². The third kappa shape index (κ3) is 2.84. The minimum Gasteiger partial charge on any atom is -0.506 e. The Hall–Kier alpha value is -2.30. The Bertz CT molecular complexity index is 687. The number of rotatable bonds is 3. The number of nitrogens with zero attached hydrogens (tertiary/aromatic N) is 2. The highest BCUT2D eigenvalue weighted by atomic mass is 16.5. The largest absolute Gasteiger partial charge is 0.506 e. The second-order valence-corrected chi connectivity index (χ2v) is 5.56. The third-order valence-corrected chi connectivity index (χ3v) is 4.05. The minimum atomic E-state index is -0.129. The molecule has 0 aliphatic carbocycles. The van der Waals surface area contributed by atoms with Gasteiger partial charge in [0.25, 0.3) is 0 Å². The number of ether oxygens (including phenoxy) is 1. The van der Waals surface area contributed by atoms with E-state index in [0.29, 0.717) is 18.7 Å². The molecule has 5 heteroatoms. The van der Waals surface area contributed by atoms with Crippen molar-refractivity contribution in [3.8, 4) is 5.75 Å². The zero-order valence-electron chi connectivity index (χ0n) is 12.7. The standard InChI is InChI=1S/C17H20N2O3/c1-2-22-17(21)13-6-4-10-19(11-13)15-9-8-12-5-3-7-14(20)16(12)18-15/h3,5,7-9,13,20H,2,4,6,10-11H2,1H3. The van der Waals surface area contributed by atoms with Crippen LogP contribution in [-0.4, -0.2) is 35.8 Å². The van der Waals surface area contributed by atoms with Crippen LogP contribution in [0.5, 0.6) is 5.75 Å². The highest BCUT2D eigenvalue weighted by Crippen LogP contribution is 2.28. The van der Waals surface area contributed by atoms with E-state index in [0.717, 1.165) is 30.6 Å². The maximum atomic E-state index is 11.9. The molecule has 0 radical (unpaired) electrons. The predicted octanol–water partition coefficient (Wildman–Crippen LogP) is 2.72. The van der Waals surface area contributed by atoms with Gasteiger partial charge in [0.05, 0.1) is 12.5 Å². The Kier molecular flexibility index (Phi) is 4.13. The normalized spacial score (nSPS) is 18.4. The summed E-state index contributed by atoms with van der Waals surface area (Å²) in [4.78, 5) is 18.6. The first-order valence-electron chi connectivity index (χ1n) is 7.69. The van der Waals surface area contributed by atoms with Gasteiger partial charge in [-0.15, -0.1) is 0 Å². The van der Waals surface area contributed by atoms with Crippen LogP contribution in [0.1, 0.15) is 19.8 Å². The zero-order chi connectivity index (χ0) is 15.5. The number of piperidine rings is 1. The number of carbonyl (C=O) groups is 1. The Balaban J connectivity index is 1.84. The number of esters is 1. The van der Waals surface area contributed by atoms with Crippen molar-refractivity contribution in [3.63, 3.8) is 0 Å². The highest BCUT2D eigenvalue weighted by Gasteiger charge is 2.27. The number of phenolic OH excluding ortho intramolecular Hbond substituents is 1. The number of carbonyl (C=O) groups excluding carboxylic acids is 1. The van der Waals surface area contributed by atoms with Gasteiger partial charge in [0.15, 0.2) is 0 Å². The molecule has 1 aliphatic rings. The average Bonchev–Trinajstić information content (AvgIpc) is 2.55. The molecule has 1 aromatic heterocycles. The fraction of sp³-hybridized carbons (Fsp3) is 0.412. The van der Waals surface area contributed by atoms with Gasteiger partial charge in [-0.3, -0.25) is 4.79 Å². The number of anilines is 1. The quantitative estimate of drug-likeness (QED) is 0.883. The van der Waals surface area contributed by atoms with E-state index < -0.39 is 0 Å². The third-order valence-electron chi connectivity index (χ3n) is 4.05. The lowest BCUT2D eigenvalue weighted by Gasteiger charge is -2.32. The van der Waals surface area contributed by atoms with Crippen LogP contribution < -0.4 is 4.90 Å². The molecule has 0 spiro atoms. The van der Waals surface area contributed by atoms with Crippen molar-refractivity contribution in [3.05, 3.63) is 30.3 Å². The van der Waals surface area contributed by atoms with Crippen LogP contribution in [0.3, 0.4) is 0 Å². The van der Waals surface area contributed by atoms with E-state index in [9.17, 15) is 9.90 Å². The summed E-state index contributed by atoms with van der Waals surface area (Å²) < 4.78 is 5.13. The Morgan fingerprint density at radius 2 is 2.27 bits per heavy atom. The Labute approximate surface area is 129 Å². The topological polar surface area (TPSA) is 62.7 Å². The summed E-state index contributed by atoms with van der Waals surface area (Å²) in [6.45, 7) is 3.72. The molecule has 1 N–H and O–H groups in total. The van der Waals surface area contributed by atoms with E-state index in [1.807, 2.05) is 25.1 Å². The first kappa shape index (κ1) is 14.6. The summed E-state index contributed by atoms with van der Waals surface area (Å²) in [5, 5.41) is 10.9. The number of aromatic hydroxyl groups is 1. The number of fused-ring (bicyclic) bond motifs is 1.